The Balaban J connectivity index is 1.76. The van der Waals surface area contributed by atoms with E-state index in [9.17, 15) is 0 Å². The molecule has 3 heterocycles. The van der Waals surface area contributed by atoms with E-state index in [0.29, 0.717) is 42.8 Å². The number of anilines is 1. The maximum atomic E-state index is 8.75. The molecule has 1 aliphatic rings. The number of rotatable bonds is 7. The molecule has 7 nitrogen and oxygen atoms in total. The highest BCUT2D eigenvalue weighted by Gasteiger charge is 2.26. The van der Waals surface area contributed by atoms with Gasteiger partial charge in [-0.05, 0) is 36.3 Å². The first-order valence-corrected chi connectivity index (χ1v) is 9.22. The minimum absolute atomic E-state index is 0.0241. The van der Waals surface area contributed by atoms with Gasteiger partial charge in [0.1, 0.15) is 11.8 Å². The van der Waals surface area contributed by atoms with E-state index in [1.54, 1.807) is 6.33 Å². The summed E-state index contributed by atoms with van der Waals surface area (Å²) >= 11 is 0. The molecule has 138 valence electrons. The molecular weight excluding hydrogens is 332 g/mol. The number of nitrogens with zero attached hydrogens (tertiary/aromatic N) is 3. The minimum atomic E-state index is 0.0241. The zero-order valence-corrected chi connectivity index (χ0v) is 15.2. The number of aryl methyl sites for hydroxylation is 1. The molecule has 26 heavy (non-hydrogen) atoms. The van der Waals surface area contributed by atoms with E-state index < -0.39 is 0 Å². The molecule has 0 atom stereocenters. The molecule has 0 unspecified atom stereocenters. The molecule has 0 bridgehead atoms. The summed E-state index contributed by atoms with van der Waals surface area (Å²) < 4.78 is 11.4. The van der Waals surface area contributed by atoms with Gasteiger partial charge in [0.15, 0.2) is 11.4 Å². The lowest BCUT2D eigenvalue weighted by atomic mass is 9.99. The zero-order valence-electron chi connectivity index (χ0n) is 15.2. The van der Waals surface area contributed by atoms with Crippen LogP contribution in [0, 0.1) is 0 Å². The van der Waals surface area contributed by atoms with Gasteiger partial charge in [0.25, 0.3) is 0 Å². The monoisotopic (exact) mass is 356 g/mol. The second-order valence-electron chi connectivity index (χ2n) is 6.91. The minimum Gasteiger partial charge on any atom is -0.432 e. The molecule has 4 rings (SSSR count). The van der Waals surface area contributed by atoms with Crippen molar-refractivity contribution in [1.82, 2.24) is 15.0 Å². The van der Waals surface area contributed by atoms with Crippen molar-refractivity contribution in [2.45, 2.75) is 39.0 Å². The van der Waals surface area contributed by atoms with E-state index in [0.717, 1.165) is 35.9 Å². The first kappa shape index (κ1) is 17.2. The van der Waals surface area contributed by atoms with Crippen molar-refractivity contribution in [1.29, 1.82) is 0 Å². The SMILES string of the molecule is CC(C)c1nc2oc3c(NCCOCCO)ncnc3c2c2c1CCC2. The van der Waals surface area contributed by atoms with Crippen LogP contribution in [0.4, 0.5) is 5.82 Å². The number of aromatic nitrogens is 3. The molecule has 3 aromatic heterocycles. The molecule has 0 fully saturated rings. The predicted molar refractivity (Wildman–Crippen MR) is 99.6 cm³/mol. The number of furan rings is 1. The van der Waals surface area contributed by atoms with Crippen LogP contribution in [0.25, 0.3) is 22.2 Å². The first-order chi connectivity index (χ1) is 12.7. The fourth-order valence-electron chi connectivity index (χ4n) is 3.74. The number of fused-ring (bicyclic) bond motifs is 5. The van der Waals surface area contributed by atoms with Gasteiger partial charge in [-0.1, -0.05) is 13.8 Å². The van der Waals surface area contributed by atoms with Crippen LogP contribution in [0.1, 0.15) is 43.0 Å². The molecule has 0 radical (unpaired) electrons. The fraction of sp³-hybridized carbons (Fsp3) is 0.526. The molecule has 3 aromatic rings. The largest absolute Gasteiger partial charge is 0.432 e. The quantitative estimate of drug-likeness (QED) is 0.629. The Morgan fingerprint density at radius 2 is 2.08 bits per heavy atom. The van der Waals surface area contributed by atoms with Crippen molar-refractivity contribution in [3.63, 3.8) is 0 Å². The van der Waals surface area contributed by atoms with Gasteiger partial charge in [-0.15, -0.1) is 0 Å². The van der Waals surface area contributed by atoms with Gasteiger partial charge >= 0.3 is 0 Å². The van der Waals surface area contributed by atoms with E-state index >= 15 is 0 Å². The summed E-state index contributed by atoms with van der Waals surface area (Å²) in [4.78, 5) is 13.6. The Bertz CT molecular complexity index is 936. The summed E-state index contributed by atoms with van der Waals surface area (Å²) in [6.07, 6.45) is 4.84. The lowest BCUT2D eigenvalue weighted by Gasteiger charge is -2.10. The molecule has 0 amide bonds. The van der Waals surface area contributed by atoms with Crippen LogP contribution in [0.15, 0.2) is 10.7 Å². The van der Waals surface area contributed by atoms with Crippen LogP contribution in [0.3, 0.4) is 0 Å². The molecule has 2 N–H and O–H groups in total. The molecule has 1 aliphatic carbocycles. The number of pyridine rings is 1. The van der Waals surface area contributed by atoms with Crippen LogP contribution in [0.2, 0.25) is 0 Å². The molecule has 0 saturated heterocycles. The van der Waals surface area contributed by atoms with E-state index in [4.69, 9.17) is 19.2 Å². The second kappa shape index (κ2) is 7.17. The number of aliphatic hydroxyl groups excluding tert-OH is 1. The Kier molecular flexibility index (Phi) is 4.74. The average Bonchev–Trinajstić information content (AvgIpc) is 3.24. The van der Waals surface area contributed by atoms with Gasteiger partial charge in [0.2, 0.25) is 5.71 Å². The highest BCUT2D eigenvalue weighted by molar-refractivity contribution is 6.06. The maximum absolute atomic E-state index is 8.75. The molecular formula is C19H24N4O3. The van der Waals surface area contributed by atoms with E-state index in [-0.39, 0.29) is 6.61 Å². The highest BCUT2D eigenvalue weighted by Crippen LogP contribution is 2.39. The van der Waals surface area contributed by atoms with Crippen molar-refractivity contribution in [2.75, 3.05) is 31.7 Å². The van der Waals surface area contributed by atoms with Gasteiger partial charge in [-0.2, -0.15) is 0 Å². The zero-order chi connectivity index (χ0) is 18.1. The molecule has 0 aliphatic heterocycles. The molecule has 0 spiro atoms. The lowest BCUT2D eigenvalue weighted by molar-refractivity contribution is 0.0992. The number of ether oxygens (including phenoxy) is 1. The first-order valence-electron chi connectivity index (χ1n) is 9.22. The van der Waals surface area contributed by atoms with Crippen molar-refractivity contribution >= 4 is 28.0 Å². The van der Waals surface area contributed by atoms with Crippen LogP contribution >= 0.6 is 0 Å². The maximum Gasteiger partial charge on any atom is 0.229 e. The fourth-order valence-corrected chi connectivity index (χ4v) is 3.74. The van der Waals surface area contributed by atoms with Gasteiger partial charge in [0.05, 0.1) is 30.9 Å². The van der Waals surface area contributed by atoms with E-state index in [1.165, 1.54) is 11.1 Å². The van der Waals surface area contributed by atoms with E-state index in [2.05, 4.69) is 29.1 Å². The molecule has 7 heteroatoms. The van der Waals surface area contributed by atoms with Crippen LogP contribution in [0.5, 0.6) is 0 Å². The number of hydrogen-bond acceptors (Lipinski definition) is 7. The Morgan fingerprint density at radius 3 is 2.88 bits per heavy atom. The average molecular weight is 356 g/mol. The van der Waals surface area contributed by atoms with Gasteiger partial charge < -0.3 is 19.6 Å². The predicted octanol–water partition coefficient (Wildman–Crippen LogP) is 2.80. The van der Waals surface area contributed by atoms with Crippen molar-refractivity contribution in [2.24, 2.45) is 0 Å². The topological polar surface area (TPSA) is 93.3 Å². The summed E-state index contributed by atoms with van der Waals surface area (Å²) in [5.74, 6) is 1.02. The normalized spacial score (nSPS) is 13.8. The van der Waals surface area contributed by atoms with Crippen LogP contribution in [-0.2, 0) is 17.6 Å². The summed E-state index contributed by atoms with van der Waals surface area (Å²) in [6, 6.07) is 0. The van der Waals surface area contributed by atoms with Gasteiger partial charge in [-0.3, -0.25) is 0 Å². The van der Waals surface area contributed by atoms with Gasteiger partial charge in [-0.25, -0.2) is 15.0 Å². The smallest absolute Gasteiger partial charge is 0.229 e. The Morgan fingerprint density at radius 1 is 1.23 bits per heavy atom. The highest BCUT2D eigenvalue weighted by atomic mass is 16.5. The molecule has 0 aromatic carbocycles. The number of hydrogen-bond donors (Lipinski definition) is 2. The van der Waals surface area contributed by atoms with Crippen molar-refractivity contribution in [3.05, 3.63) is 23.1 Å². The van der Waals surface area contributed by atoms with Crippen molar-refractivity contribution < 1.29 is 14.3 Å². The second-order valence-corrected chi connectivity index (χ2v) is 6.91. The lowest BCUT2D eigenvalue weighted by Crippen LogP contribution is -2.12. The Labute approximate surface area is 151 Å². The third-order valence-electron chi connectivity index (χ3n) is 4.83. The summed E-state index contributed by atoms with van der Waals surface area (Å²) in [5, 5.41) is 13.0. The standard InChI is InChI=1S/C19H24N4O3/c1-11(2)15-13-5-3-4-12(13)14-16-17(26-19(14)23-15)18(22-10-21-16)20-6-8-25-9-7-24/h10-11,24H,3-9H2,1-2H3,(H,20,21,22). The number of aliphatic hydroxyl groups is 1. The molecule has 0 saturated carbocycles. The number of nitrogens with one attached hydrogen (secondary N) is 1. The Hall–Kier alpha value is -2.25. The summed E-state index contributed by atoms with van der Waals surface area (Å²) in [7, 11) is 0. The van der Waals surface area contributed by atoms with Crippen LogP contribution < -0.4 is 5.32 Å². The van der Waals surface area contributed by atoms with Crippen LogP contribution in [-0.4, -0.2) is 46.4 Å². The third kappa shape index (κ3) is 2.91. The third-order valence-corrected chi connectivity index (χ3v) is 4.83. The van der Waals surface area contributed by atoms with E-state index in [1.807, 2.05) is 0 Å². The summed E-state index contributed by atoms with van der Waals surface area (Å²) in [5.41, 5.74) is 5.99. The summed E-state index contributed by atoms with van der Waals surface area (Å²) in [6.45, 7) is 5.77. The van der Waals surface area contributed by atoms with Crippen molar-refractivity contribution in [3.8, 4) is 0 Å². The van der Waals surface area contributed by atoms with Gasteiger partial charge in [0, 0.05) is 6.54 Å².